The molecule has 2 rings (SSSR count). The van der Waals surface area contributed by atoms with Crippen LogP contribution in [0.3, 0.4) is 0 Å². The minimum absolute atomic E-state index is 0.234. The molecule has 0 atom stereocenters. The lowest BCUT2D eigenvalue weighted by atomic mass is 9.97. The highest BCUT2D eigenvalue weighted by molar-refractivity contribution is 9.10. The molecular formula is C15H21BrO2. The molecule has 0 radical (unpaired) electrons. The molecule has 0 heterocycles. The van der Waals surface area contributed by atoms with Crippen LogP contribution in [-0.4, -0.2) is 18.8 Å². The van der Waals surface area contributed by atoms with Crippen LogP contribution in [0.4, 0.5) is 0 Å². The predicted molar refractivity (Wildman–Crippen MR) is 77.4 cm³/mol. The first kappa shape index (κ1) is 13.9. The molecule has 0 saturated carbocycles. The summed E-state index contributed by atoms with van der Waals surface area (Å²) in [5.74, 6) is 0.962. The highest BCUT2D eigenvalue weighted by atomic mass is 79.9. The van der Waals surface area contributed by atoms with E-state index in [-0.39, 0.29) is 6.61 Å². The summed E-state index contributed by atoms with van der Waals surface area (Å²) >= 11 is 3.72. The van der Waals surface area contributed by atoms with Crippen molar-refractivity contribution in [2.45, 2.75) is 44.9 Å². The number of hydrogen-bond donors (Lipinski definition) is 1. The van der Waals surface area contributed by atoms with Crippen molar-refractivity contribution in [2.24, 2.45) is 0 Å². The van der Waals surface area contributed by atoms with Gasteiger partial charge >= 0.3 is 0 Å². The minimum atomic E-state index is 0.234. The highest BCUT2D eigenvalue weighted by Gasteiger charge is 2.18. The zero-order valence-corrected chi connectivity index (χ0v) is 12.6. The average molecular weight is 313 g/mol. The van der Waals surface area contributed by atoms with E-state index in [2.05, 4.69) is 22.0 Å². The Labute approximate surface area is 117 Å². The molecule has 2 nitrogen and oxygen atoms in total. The molecular weight excluding hydrogens is 292 g/mol. The average Bonchev–Trinajstić information content (AvgIpc) is 2.62. The van der Waals surface area contributed by atoms with E-state index in [4.69, 9.17) is 9.84 Å². The van der Waals surface area contributed by atoms with Gasteiger partial charge in [0.05, 0.1) is 11.6 Å². The number of benzene rings is 1. The number of halogens is 1. The molecule has 0 unspecified atom stereocenters. The SMILES string of the molecule is COc1c(CCCO)cc2c(c1Br)CCCCC2. The van der Waals surface area contributed by atoms with Gasteiger partial charge in [-0.3, -0.25) is 0 Å². The van der Waals surface area contributed by atoms with Crippen molar-refractivity contribution in [3.63, 3.8) is 0 Å². The summed E-state index contributed by atoms with van der Waals surface area (Å²) < 4.78 is 6.69. The van der Waals surface area contributed by atoms with Crippen LogP contribution in [-0.2, 0) is 19.3 Å². The van der Waals surface area contributed by atoms with Crippen LogP contribution in [0.2, 0.25) is 0 Å². The van der Waals surface area contributed by atoms with E-state index < -0.39 is 0 Å². The normalized spacial score (nSPS) is 15.1. The summed E-state index contributed by atoms with van der Waals surface area (Å²) in [5.41, 5.74) is 4.12. The Bertz CT molecular complexity index is 415. The molecule has 1 N–H and O–H groups in total. The van der Waals surface area contributed by atoms with Gasteiger partial charge in [-0.2, -0.15) is 0 Å². The molecule has 1 aromatic rings. The number of aryl methyl sites for hydroxylation is 2. The van der Waals surface area contributed by atoms with Gasteiger partial charge < -0.3 is 9.84 Å². The first-order valence-corrected chi connectivity index (χ1v) is 7.55. The third kappa shape index (κ3) is 2.89. The van der Waals surface area contributed by atoms with Crippen LogP contribution < -0.4 is 4.74 Å². The maximum Gasteiger partial charge on any atom is 0.136 e. The Kier molecular flexibility index (Phi) is 5.07. The molecule has 0 bridgehead atoms. The van der Waals surface area contributed by atoms with E-state index in [0.29, 0.717) is 0 Å². The first-order valence-electron chi connectivity index (χ1n) is 6.76. The van der Waals surface area contributed by atoms with Gasteiger partial charge in [0.2, 0.25) is 0 Å². The van der Waals surface area contributed by atoms with Gasteiger partial charge in [-0.15, -0.1) is 0 Å². The first-order chi connectivity index (χ1) is 8.77. The van der Waals surface area contributed by atoms with Crippen molar-refractivity contribution < 1.29 is 9.84 Å². The molecule has 0 amide bonds. The van der Waals surface area contributed by atoms with Crippen LogP contribution in [0.1, 0.15) is 42.4 Å². The monoisotopic (exact) mass is 312 g/mol. The number of rotatable bonds is 4. The minimum Gasteiger partial charge on any atom is -0.495 e. The summed E-state index contributed by atoms with van der Waals surface area (Å²) in [7, 11) is 1.73. The Morgan fingerprint density at radius 2 is 2.06 bits per heavy atom. The van der Waals surface area contributed by atoms with Crippen molar-refractivity contribution in [2.75, 3.05) is 13.7 Å². The summed E-state index contributed by atoms with van der Waals surface area (Å²) in [5, 5.41) is 8.99. The van der Waals surface area contributed by atoms with Gasteiger partial charge in [0.25, 0.3) is 0 Å². The van der Waals surface area contributed by atoms with Crippen LogP contribution in [0, 0.1) is 0 Å². The fourth-order valence-electron chi connectivity index (χ4n) is 2.75. The predicted octanol–water partition coefficient (Wildman–Crippen LogP) is 3.65. The van der Waals surface area contributed by atoms with Gasteiger partial charge in [0, 0.05) is 6.61 Å². The van der Waals surface area contributed by atoms with Crippen molar-refractivity contribution in [1.82, 2.24) is 0 Å². The van der Waals surface area contributed by atoms with Gasteiger partial charge in [0.15, 0.2) is 0 Å². The summed E-state index contributed by atoms with van der Waals surface area (Å²) in [6.45, 7) is 0.234. The zero-order chi connectivity index (χ0) is 13.0. The molecule has 0 spiro atoms. The quantitative estimate of drug-likeness (QED) is 0.860. The van der Waals surface area contributed by atoms with Crippen molar-refractivity contribution >= 4 is 15.9 Å². The second-order valence-electron chi connectivity index (χ2n) is 4.91. The molecule has 1 aliphatic rings. The Hall–Kier alpha value is -0.540. The van der Waals surface area contributed by atoms with E-state index in [1.54, 1.807) is 7.11 Å². The molecule has 0 aromatic heterocycles. The van der Waals surface area contributed by atoms with E-state index in [1.807, 2.05) is 0 Å². The van der Waals surface area contributed by atoms with Gasteiger partial charge in [-0.1, -0.05) is 12.5 Å². The number of aliphatic hydroxyl groups is 1. The van der Waals surface area contributed by atoms with E-state index in [1.165, 1.54) is 42.4 Å². The lowest BCUT2D eigenvalue weighted by molar-refractivity contribution is 0.287. The molecule has 1 aliphatic carbocycles. The van der Waals surface area contributed by atoms with Crippen molar-refractivity contribution in [3.05, 3.63) is 27.2 Å². The Morgan fingerprint density at radius 1 is 1.28 bits per heavy atom. The second kappa shape index (κ2) is 6.58. The molecule has 18 heavy (non-hydrogen) atoms. The fraction of sp³-hybridized carbons (Fsp3) is 0.600. The van der Waals surface area contributed by atoms with Gasteiger partial charge in [0.1, 0.15) is 5.75 Å². The standard InChI is InChI=1S/C15H21BrO2/c1-18-15-12(7-5-9-17)10-11-6-3-2-4-8-13(11)14(15)16/h10,17H,2-9H2,1H3. The van der Waals surface area contributed by atoms with E-state index in [0.717, 1.165) is 29.5 Å². The van der Waals surface area contributed by atoms with Crippen LogP contribution in [0.25, 0.3) is 0 Å². The van der Waals surface area contributed by atoms with Crippen molar-refractivity contribution in [1.29, 1.82) is 0 Å². The molecule has 0 aliphatic heterocycles. The van der Waals surface area contributed by atoms with Crippen LogP contribution in [0.5, 0.6) is 5.75 Å². The fourth-order valence-corrected chi connectivity index (χ4v) is 3.61. The smallest absolute Gasteiger partial charge is 0.136 e. The van der Waals surface area contributed by atoms with E-state index in [9.17, 15) is 0 Å². The maximum atomic E-state index is 8.99. The molecule has 0 fully saturated rings. The van der Waals surface area contributed by atoms with Crippen LogP contribution >= 0.6 is 15.9 Å². The Morgan fingerprint density at radius 3 is 2.78 bits per heavy atom. The molecule has 3 heteroatoms. The Balaban J connectivity index is 2.41. The third-order valence-corrected chi connectivity index (χ3v) is 4.51. The third-order valence-electron chi connectivity index (χ3n) is 3.67. The number of ether oxygens (including phenoxy) is 1. The topological polar surface area (TPSA) is 29.5 Å². The summed E-state index contributed by atoms with van der Waals surface area (Å²) in [6, 6.07) is 2.29. The summed E-state index contributed by atoms with van der Waals surface area (Å²) in [6.07, 6.45) is 7.86. The second-order valence-corrected chi connectivity index (χ2v) is 5.70. The lowest BCUT2D eigenvalue weighted by Crippen LogP contribution is -2.02. The molecule has 100 valence electrons. The number of fused-ring (bicyclic) bond motifs is 1. The number of aliphatic hydroxyl groups excluding tert-OH is 1. The highest BCUT2D eigenvalue weighted by Crippen LogP contribution is 2.38. The van der Waals surface area contributed by atoms with Gasteiger partial charge in [-0.25, -0.2) is 0 Å². The summed E-state index contributed by atoms with van der Waals surface area (Å²) in [4.78, 5) is 0. The van der Waals surface area contributed by atoms with Crippen molar-refractivity contribution in [3.8, 4) is 5.75 Å². The zero-order valence-electron chi connectivity index (χ0n) is 11.0. The molecule has 0 saturated heterocycles. The lowest BCUT2D eigenvalue weighted by Gasteiger charge is -2.17. The molecule has 1 aromatic carbocycles. The largest absolute Gasteiger partial charge is 0.495 e. The van der Waals surface area contributed by atoms with Crippen LogP contribution in [0.15, 0.2) is 10.5 Å². The van der Waals surface area contributed by atoms with E-state index >= 15 is 0 Å². The maximum absolute atomic E-state index is 8.99. The number of methoxy groups -OCH3 is 1. The number of hydrogen-bond acceptors (Lipinski definition) is 2. The van der Waals surface area contributed by atoms with Gasteiger partial charge in [-0.05, 0) is 71.1 Å².